The number of rotatable bonds is 3. The van der Waals surface area contributed by atoms with Crippen molar-refractivity contribution in [1.29, 1.82) is 0 Å². The quantitative estimate of drug-likeness (QED) is 0.941. The molecule has 1 amide bonds. The fraction of sp³-hybridized carbons (Fsp3) is 0.389. The van der Waals surface area contributed by atoms with E-state index in [2.05, 4.69) is 11.9 Å². The highest BCUT2D eigenvalue weighted by Crippen LogP contribution is 2.33. The molecule has 4 nitrogen and oxygen atoms in total. The second kappa shape index (κ2) is 6.26. The molecule has 1 N–H and O–H groups in total. The molecule has 0 bridgehead atoms. The third-order valence-corrected chi connectivity index (χ3v) is 4.32. The molecule has 0 aliphatic carbocycles. The van der Waals surface area contributed by atoms with Crippen LogP contribution in [-0.4, -0.2) is 36.0 Å². The topological polar surface area (TPSA) is 45.3 Å². The number of H-pyrrole nitrogens is 1. The first-order valence-corrected chi connectivity index (χ1v) is 7.80. The van der Waals surface area contributed by atoms with Crippen LogP contribution in [-0.2, 0) is 0 Å². The Morgan fingerprint density at radius 3 is 2.86 bits per heavy atom. The van der Waals surface area contributed by atoms with Crippen LogP contribution >= 0.6 is 0 Å². The summed E-state index contributed by atoms with van der Waals surface area (Å²) in [5.41, 5.74) is 2.57. The van der Waals surface area contributed by atoms with Gasteiger partial charge in [0.2, 0.25) is 0 Å². The summed E-state index contributed by atoms with van der Waals surface area (Å²) in [6.45, 7) is 3.90. The van der Waals surface area contributed by atoms with Crippen LogP contribution in [0.4, 0.5) is 0 Å². The molecule has 1 aliphatic rings. The lowest BCUT2D eigenvalue weighted by atomic mass is 9.98. The molecule has 3 rings (SSSR count). The highest BCUT2D eigenvalue weighted by molar-refractivity contribution is 6.01. The van der Waals surface area contributed by atoms with Crippen LogP contribution in [0.25, 0.3) is 11.1 Å². The molecule has 1 atom stereocenters. The van der Waals surface area contributed by atoms with E-state index in [-0.39, 0.29) is 5.91 Å². The van der Waals surface area contributed by atoms with Gasteiger partial charge in [0.1, 0.15) is 5.75 Å². The van der Waals surface area contributed by atoms with Crippen molar-refractivity contribution in [2.75, 3.05) is 20.2 Å². The first kappa shape index (κ1) is 14.7. The summed E-state index contributed by atoms with van der Waals surface area (Å²) in [5.74, 6) is 1.46. The average molecular weight is 298 g/mol. The number of aromatic amines is 1. The van der Waals surface area contributed by atoms with Crippen LogP contribution < -0.4 is 4.74 Å². The lowest BCUT2D eigenvalue weighted by molar-refractivity contribution is 0.0684. The summed E-state index contributed by atoms with van der Waals surface area (Å²) in [6, 6.07) is 7.79. The molecule has 1 aromatic heterocycles. The van der Waals surface area contributed by atoms with Gasteiger partial charge in [0.05, 0.1) is 12.7 Å². The van der Waals surface area contributed by atoms with E-state index in [1.807, 2.05) is 35.4 Å². The molecule has 116 valence electrons. The molecule has 0 saturated carbocycles. The number of likely N-dealkylation sites (tertiary alicyclic amines) is 1. The summed E-state index contributed by atoms with van der Waals surface area (Å²) >= 11 is 0. The van der Waals surface area contributed by atoms with Crippen molar-refractivity contribution in [3.05, 3.63) is 42.2 Å². The van der Waals surface area contributed by atoms with E-state index in [1.54, 1.807) is 13.3 Å². The molecule has 0 radical (unpaired) electrons. The van der Waals surface area contributed by atoms with E-state index >= 15 is 0 Å². The minimum atomic E-state index is 0.105. The fourth-order valence-electron chi connectivity index (χ4n) is 3.17. The molecular formula is C18H22N2O2. The summed E-state index contributed by atoms with van der Waals surface area (Å²) in [4.78, 5) is 17.9. The second-order valence-corrected chi connectivity index (χ2v) is 5.98. The van der Waals surface area contributed by atoms with Gasteiger partial charge in [0.15, 0.2) is 0 Å². The highest BCUT2D eigenvalue weighted by Gasteiger charge is 2.25. The summed E-state index contributed by atoms with van der Waals surface area (Å²) in [5, 5.41) is 0. The fourth-order valence-corrected chi connectivity index (χ4v) is 3.17. The third kappa shape index (κ3) is 2.73. The van der Waals surface area contributed by atoms with Gasteiger partial charge in [0, 0.05) is 36.6 Å². The molecule has 1 fully saturated rings. The zero-order valence-electron chi connectivity index (χ0n) is 13.1. The van der Waals surface area contributed by atoms with Crippen molar-refractivity contribution >= 4 is 5.91 Å². The van der Waals surface area contributed by atoms with Crippen LogP contribution in [0.5, 0.6) is 5.75 Å². The number of carbonyl (C=O) groups excluding carboxylic acids is 1. The van der Waals surface area contributed by atoms with E-state index in [1.165, 1.54) is 6.42 Å². The number of aromatic nitrogens is 1. The zero-order chi connectivity index (χ0) is 15.5. The minimum absolute atomic E-state index is 0.105. The first-order valence-electron chi connectivity index (χ1n) is 7.80. The SMILES string of the molecule is COc1ccccc1-c1c[nH]cc1C(=O)N1CCCC(C)C1. The Kier molecular flexibility index (Phi) is 4.18. The van der Waals surface area contributed by atoms with Gasteiger partial charge in [0.25, 0.3) is 5.91 Å². The van der Waals surface area contributed by atoms with Crippen molar-refractivity contribution in [1.82, 2.24) is 9.88 Å². The van der Waals surface area contributed by atoms with Gasteiger partial charge in [-0.1, -0.05) is 25.1 Å². The van der Waals surface area contributed by atoms with E-state index in [9.17, 15) is 4.79 Å². The molecule has 2 heterocycles. The molecular weight excluding hydrogens is 276 g/mol. The van der Waals surface area contributed by atoms with E-state index in [4.69, 9.17) is 4.74 Å². The molecule has 22 heavy (non-hydrogen) atoms. The van der Waals surface area contributed by atoms with Crippen LogP contribution in [0, 0.1) is 5.92 Å². The Bertz CT molecular complexity index is 663. The molecule has 1 aliphatic heterocycles. The van der Waals surface area contributed by atoms with E-state index in [0.29, 0.717) is 5.92 Å². The average Bonchev–Trinajstić information content (AvgIpc) is 3.03. The molecule has 1 aromatic carbocycles. The van der Waals surface area contributed by atoms with Gasteiger partial charge in [-0.25, -0.2) is 0 Å². The number of ether oxygens (including phenoxy) is 1. The van der Waals surface area contributed by atoms with Gasteiger partial charge in [-0.2, -0.15) is 0 Å². The van der Waals surface area contributed by atoms with Gasteiger partial charge in [-0.15, -0.1) is 0 Å². The number of para-hydroxylation sites is 1. The Labute approximate surface area is 131 Å². The van der Waals surface area contributed by atoms with Gasteiger partial charge in [-0.05, 0) is 24.8 Å². The van der Waals surface area contributed by atoms with Crippen molar-refractivity contribution < 1.29 is 9.53 Å². The third-order valence-electron chi connectivity index (χ3n) is 4.32. The van der Waals surface area contributed by atoms with Gasteiger partial charge in [-0.3, -0.25) is 4.79 Å². The van der Waals surface area contributed by atoms with Gasteiger partial charge >= 0.3 is 0 Å². The number of methoxy groups -OCH3 is 1. The Hall–Kier alpha value is -2.23. The van der Waals surface area contributed by atoms with Crippen LogP contribution in [0.1, 0.15) is 30.1 Å². The summed E-state index contributed by atoms with van der Waals surface area (Å²) in [6.07, 6.45) is 5.96. The Morgan fingerprint density at radius 2 is 2.09 bits per heavy atom. The van der Waals surface area contributed by atoms with Gasteiger partial charge < -0.3 is 14.6 Å². The maximum Gasteiger partial charge on any atom is 0.256 e. The number of nitrogens with zero attached hydrogens (tertiary/aromatic N) is 1. The number of carbonyl (C=O) groups is 1. The Balaban J connectivity index is 1.93. The van der Waals surface area contributed by atoms with Crippen molar-refractivity contribution in [2.24, 2.45) is 5.92 Å². The second-order valence-electron chi connectivity index (χ2n) is 5.98. The van der Waals surface area contributed by atoms with Crippen molar-refractivity contribution in [2.45, 2.75) is 19.8 Å². The standard InChI is InChI=1S/C18H22N2O2/c1-13-6-5-9-20(12-13)18(21)16-11-19-10-15(16)14-7-3-4-8-17(14)22-2/h3-4,7-8,10-11,13,19H,5-6,9,12H2,1-2H3. The first-order chi connectivity index (χ1) is 10.7. The normalized spacial score (nSPS) is 18.3. The minimum Gasteiger partial charge on any atom is -0.496 e. The number of hydrogen-bond donors (Lipinski definition) is 1. The van der Waals surface area contributed by atoms with E-state index in [0.717, 1.165) is 42.0 Å². The molecule has 1 saturated heterocycles. The van der Waals surface area contributed by atoms with Crippen LogP contribution in [0.3, 0.4) is 0 Å². The number of benzene rings is 1. The predicted octanol–water partition coefficient (Wildman–Crippen LogP) is 3.56. The monoisotopic (exact) mass is 298 g/mol. The molecule has 4 heteroatoms. The number of amides is 1. The van der Waals surface area contributed by atoms with Crippen molar-refractivity contribution in [3.8, 4) is 16.9 Å². The maximum absolute atomic E-state index is 12.9. The smallest absolute Gasteiger partial charge is 0.256 e. The number of nitrogens with one attached hydrogen (secondary N) is 1. The van der Waals surface area contributed by atoms with E-state index < -0.39 is 0 Å². The molecule has 0 spiro atoms. The van der Waals surface area contributed by atoms with Crippen LogP contribution in [0.15, 0.2) is 36.7 Å². The molecule has 1 unspecified atom stereocenters. The van der Waals surface area contributed by atoms with Crippen LogP contribution in [0.2, 0.25) is 0 Å². The van der Waals surface area contributed by atoms with Crippen molar-refractivity contribution in [3.63, 3.8) is 0 Å². The lowest BCUT2D eigenvalue weighted by Crippen LogP contribution is -2.39. The highest BCUT2D eigenvalue weighted by atomic mass is 16.5. The summed E-state index contributed by atoms with van der Waals surface area (Å²) < 4.78 is 5.43. The zero-order valence-corrected chi connectivity index (χ0v) is 13.1. The number of hydrogen-bond acceptors (Lipinski definition) is 2. The predicted molar refractivity (Wildman–Crippen MR) is 87.1 cm³/mol. The summed E-state index contributed by atoms with van der Waals surface area (Å²) in [7, 11) is 1.65. The lowest BCUT2D eigenvalue weighted by Gasteiger charge is -2.31. The Morgan fingerprint density at radius 1 is 1.27 bits per heavy atom. The largest absolute Gasteiger partial charge is 0.496 e. The molecule has 2 aromatic rings. The maximum atomic E-state index is 12.9. The number of piperidine rings is 1.